The molecular formula is C20H25ClIN7O. The third kappa shape index (κ3) is 4.72. The standard InChI is InChI=1S/C20H24ClN7O.HI/c1-22-20(23-6-5-14-10-24-18-4-3-15(21)9-17(14)18)27-7-8-28(19(29)13-27)16-11-25-26(2)12-16;/h3-4,9-12,24H,5-8,13H2,1-2H3,(H,22,23);1H. The van der Waals surface area contributed by atoms with E-state index in [1.54, 1.807) is 22.8 Å². The monoisotopic (exact) mass is 541 g/mol. The van der Waals surface area contributed by atoms with E-state index in [1.807, 2.05) is 42.5 Å². The van der Waals surface area contributed by atoms with Gasteiger partial charge in [0, 0.05) is 62.0 Å². The van der Waals surface area contributed by atoms with Crippen LogP contribution in [0.2, 0.25) is 5.02 Å². The van der Waals surface area contributed by atoms with Gasteiger partial charge in [0.15, 0.2) is 5.96 Å². The second-order valence-electron chi connectivity index (χ2n) is 7.07. The lowest BCUT2D eigenvalue weighted by molar-refractivity contribution is -0.120. The molecule has 4 rings (SSSR count). The van der Waals surface area contributed by atoms with Crippen molar-refractivity contribution >= 4 is 64.0 Å². The Kier molecular flexibility index (Phi) is 7.24. The van der Waals surface area contributed by atoms with E-state index in [0.29, 0.717) is 19.6 Å². The van der Waals surface area contributed by atoms with Crippen molar-refractivity contribution in [1.29, 1.82) is 0 Å². The van der Waals surface area contributed by atoms with Crippen molar-refractivity contribution in [2.24, 2.45) is 12.0 Å². The van der Waals surface area contributed by atoms with Gasteiger partial charge in [-0.1, -0.05) is 11.6 Å². The first kappa shape index (κ1) is 22.4. The van der Waals surface area contributed by atoms with E-state index >= 15 is 0 Å². The number of carbonyl (C=O) groups excluding carboxylic acids is 1. The predicted octanol–water partition coefficient (Wildman–Crippen LogP) is 2.64. The number of H-pyrrole nitrogens is 1. The van der Waals surface area contributed by atoms with Gasteiger partial charge in [-0.3, -0.25) is 14.5 Å². The highest BCUT2D eigenvalue weighted by Crippen LogP contribution is 2.22. The summed E-state index contributed by atoms with van der Waals surface area (Å²) in [5, 5.41) is 9.39. The number of fused-ring (bicyclic) bond motifs is 1. The predicted molar refractivity (Wildman–Crippen MR) is 131 cm³/mol. The summed E-state index contributed by atoms with van der Waals surface area (Å²) in [6, 6.07) is 5.85. The summed E-state index contributed by atoms with van der Waals surface area (Å²) in [7, 11) is 3.59. The second kappa shape index (κ2) is 9.69. The Morgan fingerprint density at radius 2 is 2.20 bits per heavy atom. The fourth-order valence-corrected chi connectivity index (χ4v) is 3.85. The molecule has 0 aliphatic carbocycles. The number of aryl methyl sites for hydroxylation is 1. The van der Waals surface area contributed by atoms with Crippen molar-refractivity contribution in [1.82, 2.24) is 25.0 Å². The Bertz CT molecular complexity index is 1060. The maximum absolute atomic E-state index is 12.6. The van der Waals surface area contributed by atoms with Crippen molar-refractivity contribution in [3.05, 3.63) is 47.4 Å². The molecule has 10 heteroatoms. The molecule has 1 aliphatic heterocycles. The number of amides is 1. The highest BCUT2D eigenvalue weighted by atomic mass is 127. The van der Waals surface area contributed by atoms with Crippen LogP contribution in [0.3, 0.4) is 0 Å². The van der Waals surface area contributed by atoms with Crippen molar-refractivity contribution in [2.45, 2.75) is 6.42 Å². The van der Waals surface area contributed by atoms with Gasteiger partial charge in [0.25, 0.3) is 0 Å². The molecule has 3 heterocycles. The molecule has 0 bridgehead atoms. The maximum Gasteiger partial charge on any atom is 0.246 e. The van der Waals surface area contributed by atoms with Crippen molar-refractivity contribution in [3.63, 3.8) is 0 Å². The topological polar surface area (TPSA) is 81.6 Å². The van der Waals surface area contributed by atoms with Crippen LogP contribution in [0.1, 0.15) is 5.56 Å². The van der Waals surface area contributed by atoms with Gasteiger partial charge in [-0.2, -0.15) is 5.10 Å². The molecule has 8 nitrogen and oxygen atoms in total. The molecule has 30 heavy (non-hydrogen) atoms. The quantitative estimate of drug-likeness (QED) is 0.302. The molecule has 2 aromatic heterocycles. The molecule has 1 fully saturated rings. The molecule has 2 N–H and O–H groups in total. The molecular weight excluding hydrogens is 517 g/mol. The molecule has 1 saturated heterocycles. The highest BCUT2D eigenvalue weighted by Gasteiger charge is 2.27. The Morgan fingerprint density at radius 1 is 1.37 bits per heavy atom. The zero-order chi connectivity index (χ0) is 20.4. The number of piperazine rings is 1. The van der Waals surface area contributed by atoms with E-state index in [2.05, 4.69) is 20.4 Å². The number of nitrogens with one attached hydrogen (secondary N) is 2. The van der Waals surface area contributed by atoms with E-state index in [9.17, 15) is 4.79 Å². The molecule has 0 radical (unpaired) electrons. The number of aromatic amines is 1. The summed E-state index contributed by atoms with van der Waals surface area (Å²) < 4.78 is 1.70. The minimum absolute atomic E-state index is 0. The minimum atomic E-state index is 0. The van der Waals surface area contributed by atoms with E-state index in [1.165, 1.54) is 5.56 Å². The number of hydrogen-bond acceptors (Lipinski definition) is 3. The van der Waals surface area contributed by atoms with Crippen LogP contribution < -0.4 is 10.2 Å². The second-order valence-corrected chi connectivity index (χ2v) is 7.50. The Labute approximate surface area is 197 Å². The molecule has 1 aliphatic rings. The summed E-state index contributed by atoms with van der Waals surface area (Å²) in [6.07, 6.45) is 6.41. The van der Waals surface area contributed by atoms with Gasteiger partial charge >= 0.3 is 0 Å². The summed E-state index contributed by atoms with van der Waals surface area (Å²) in [5.41, 5.74) is 3.10. The van der Waals surface area contributed by atoms with Crippen LogP contribution >= 0.6 is 35.6 Å². The van der Waals surface area contributed by atoms with E-state index in [0.717, 1.165) is 34.0 Å². The van der Waals surface area contributed by atoms with Gasteiger partial charge < -0.3 is 20.1 Å². The van der Waals surface area contributed by atoms with E-state index in [-0.39, 0.29) is 36.4 Å². The maximum atomic E-state index is 12.6. The van der Waals surface area contributed by atoms with Crippen LogP contribution in [0.5, 0.6) is 0 Å². The average molecular weight is 542 g/mol. The molecule has 1 aromatic carbocycles. The average Bonchev–Trinajstić information content (AvgIpc) is 3.31. The van der Waals surface area contributed by atoms with Gasteiger partial charge in [0.05, 0.1) is 11.9 Å². The van der Waals surface area contributed by atoms with E-state index < -0.39 is 0 Å². The summed E-state index contributed by atoms with van der Waals surface area (Å²) in [6.45, 7) is 2.32. The SMILES string of the molecule is CN=C(NCCc1c[nH]c2ccc(Cl)cc12)N1CCN(c2cnn(C)c2)C(=O)C1.I. The lowest BCUT2D eigenvalue weighted by Gasteiger charge is -2.35. The molecule has 0 spiro atoms. The first-order valence-electron chi connectivity index (χ1n) is 9.55. The first-order chi connectivity index (χ1) is 14.0. The largest absolute Gasteiger partial charge is 0.361 e. The van der Waals surface area contributed by atoms with Gasteiger partial charge in [-0.25, -0.2) is 0 Å². The zero-order valence-corrected chi connectivity index (χ0v) is 20.0. The number of nitrogens with zero attached hydrogens (tertiary/aromatic N) is 5. The Hall–Kier alpha value is -2.27. The highest BCUT2D eigenvalue weighted by molar-refractivity contribution is 14.0. The van der Waals surface area contributed by atoms with Crippen LogP contribution in [0.4, 0.5) is 5.69 Å². The van der Waals surface area contributed by atoms with Gasteiger partial charge in [-0.05, 0) is 30.2 Å². The molecule has 160 valence electrons. The van der Waals surface area contributed by atoms with Gasteiger partial charge in [-0.15, -0.1) is 24.0 Å². The zero-order valence-electron chi connectivity index (χ0n) is 16.9. The number of halogens is 2. The minimum Gasteiger partial charge on any atom is -0.361 e. The van der Waals surface area contributed by atoms with Crippen LogP contribution in [-0.2, 0) is 18.3 Å². The fraction of sp³-hybridized carbons (Fsp3) is 0.350. The number of rotatable bonds is 4. The molecule has 1 amide bonds. The van der Waals surface area contributed by atoms with Crippen molar-refractivity contribution in [3.8, 4) is 0 Å². The number of guanidine groups is 1. The van der Waals surface area contributed by atoms with Gasteiger partial charge in [0.1, 0.15) is 6.54 Å². The third-order valence-electron chi connectivity index (χ3n) is 5.14. The summed E-state index contributed by atoms with van der Waals surface area (Å²) in [4.78, 5) is 24.0. The Morgan fingerprint density at radius 3 is 2.90 bits per heavy atom. The number of aromatic nitrogens is 3. The number of hydrogen-bond donors (Lipinski definition) is 2. The van der Waals surface area contributed by atoms with Crippen molar-refractivity contribution < 1.29 is 4.79 Å². The number of carbonyl (C=O) groups is 1. The first-order valence-corrected chi connectivity index (χ1v) is 9.93. The number of anilines is 1. The molecule has 0 atom stereocenters. The van der Waals surface area contributed by atoms with Gasteiger partial charge in [0.2, 0.25) is 5.91 Å². The van der Waals surface area contributed by atoms with Crippen LogP contribution in [-0.4, -0.2) is 64.8 Å². The lowest BCUT2D eigenvalue weighted by Crippen LogP contribution is -2.55. The van der Waals surface area contributed by atoms with Crippen LogP contribution in [0.15, 0.2) is 41.8 Å². The normalized spacial score (nSPS) is 14.9. The lowest BCUT2D eigenvalue weighted by atomic mass is 10.1. The smallest absolute Gasteiger partial charge is 0.246 e. The molecule has 0 saturated carbocycles. The fourth-order valence-electron chi connectivity index (χ4n) is 3.67. The third-order valence-corrected chi connectivity index (χ3v) is 5.38. The van der Waals surface area contributed by atoms with Crippen LogP contribution in [0, 0.1) is 0 Å². The number of aliphatic imine (C=N–C) groups is 1. The van der Waals surface area contributed by atoms with E-state index in [4.69, 9.17) is 11.6 Å². The number of benzene rings is 1. The molecule has 3 aromatic rings. The van der Waals surface area contributed by atoms with Crippen LogP contribution in [0.25, 0.3) is 10.9 Å². The summed E-state index contributed by atoms with van der Waals surface area (Å²) in [5.74, 6) is 0.778. The van der Waals surface area contributed by atoms with Crippen molar-refractivity contribution in [2.75, 3.05) is 38.1 Å². The Balaban J connectivity index is 0.00000256. The molecule has 0 unspecified atom stereocenters. The summed E-state index contributed by atoms with van der Waals surface area (Å²) >= 11 is 6.13.